The smallest absolute Gasteiger partial charge is 0.338 e. The summed E-state index contributed by atoms with van der Waals surface area (Å²) in [5.74, 6) is 0.367. The summed E-state index contributed by atoms with van der Waals surface area (Å²) in [5.41, 5.74) is 3.03. The molecular weight excluding hydrogens is 383 g/mol. The van der Waals surface area contributed by atoms with Crippen LogP contribution in [-0.2, 0) is 11.3 Å². The van der Waals surface area contributed by atoms with Crippen LogP contribution < -0.4 is 5.32 Å². The van der Waals surface area contributed by atoms with Crippen molar-refractivity contribution in [2.75, 3.05) is 11.9 Å². The molecule has 3 rings (SSSR count). The van der Waals surface area contributed by atoms with E-state index in [0.717, 1.165) is 16.8 Å². The molecule has 4 nitrogen and oxygen atoms in total. The fraction of sp³-hybridized carbons (Fsp3) is 0.143. The summed E-state index contributed by atoms with van der Waals surface area (Å²) >= 11 is 12.1. The van der Waals surface area contributed by atoms with E-state index in [-0.39, 0.29) is 5.97 Å². The number of benzene rings is 2. The lowest BCUT2D eigenvalue weighted by atomic mass is 10.1. The summed E-state index contributed by atoms with van der Waals surface area (Å²) < 4.78 is 5.06. The van der Waals surface area contributed by atoms with Gasteiger partial charge in [0.1, 0.15) is 5.82 Å². The zero-order valence-corrected chi connectivity index (χ0v) is 16.2. The van der Waals surface area contributed by atoms with Gasteiger partial charge in [0.05, 0.1) is 17.9 Å². The Hall–Kier alpha value is -2.56. The van der Waals surface area contributed by atoms with E-state index in [0.29, 0.717) is 34.6 Å². The summed E-state index contributed by atoms with van der Waals surface area (Å²) in [6.07, 6.45) is 0. The predicted molar refractivity (Wildman–Crippen MR) is 109 cm³/mol. The van der Waals surface area contributed by atoms with Gasteiger partial charge in [0, 0.05) is 22.2 Å². The third-order valence-corrected chi connectivity index (χ3v) is 4.48. The number of pyridine rings is 1. The standard InChI is InChI=1S/C21H18Cl2N2O2/c1-2-27-21(26)15-6-3-5-14(11-15)19-7-4-8-20(25-19)24-13-16-9-10-17(22)12-18(16)23/h3-12H,2,13H2,1H3,(H,24,25). The van der Waals surface area contributed by atoms with Crippen molar-refractivity contribution in [2.45, 2.75) is 13.5 Å². The molecule has 0 unspecified atom stereocenters. The third-order valence-electron chi connectivity index (χ3n) is 3.89. The summed E-state index contributed by atoms with van der Waals surface area (Å²) in [6.45, 7) is 2.65. The number of hydrogen-bond acceptors (Lipinski definition) is 4. The van der Waals surface area contributed by atoms with Crippen molar-refractivity contribution < 1.29 is 9.53 Å². The Bertz CT molecular complexity index is 960. The van der Waals surface area contributed by atoms with Crippen LogP contribution in [0, 0.1) is 0 Å². The largest absolute Gasteiger partial charge is 0.462 e. The molecule has 0 saturated carbocycles. The second kappa shape index (κ2) is 8.89. The molecule has 2 aromatic carbocycles. The van der Waals surface area contributed by atoms with Gasteiger partial charge in [-0.1, -0.05) is 47.5 Å². The number of halogens is 2. The second-order valence-corrected chi connectivity index (χ2v) is 6.64. The first-order valence-corrected chi connectivity index (χ1v) is 9.25. The molecule has 3 aromatic rings. The van der Waals surface area contributed by atoms with Gasteiger partial charge in [-0.3, -0.25) is 0 Å². The van der Waals surface area contributed by atoms with Gasteiger partial charge in [0.25, 0.3) is 0 Å². The minimum atomic E-state index is -0.342. The van der Waals surface area contributed by atoms with Gasteiger partial charge in [-0.25, -0.2) is 9.78 Å². The number of carbonyl (C=O) groups excluding carboxylic acids is 1. The molecule has 0 radical (unpaired) electrons. The minimum Gasteiger partial charge on any atom is -0.462 e. The highest BCUT2D eigenvalue weighted by Gasteiger charge is 2.09. The summed E-state index contributed by atoms with van der Waals surface area (Å²) in [5, 5.41) is 4.47. The van der Waals surface area contributed by atoms with E-state index in [4.69, 9.17) is 27.9 Å². The Labute approximate surface area is 168 Å². The van der Waals surface area contributed by atoms with E-state index >= 15 is 0 Å². The first kappa shape index (κ1) is 19.2. The van der Waals surface area contributed by atoms with Gasteiger partial charge < -0.3 is 10.1 Å². The van der Waals surface area contributed by atoms with Crippen LogP contribution in [0.25, 0.3) is 11.3 Å². The number of nitrogens with one attached hydrogen (secondary N) is 1. The highest BCUT2D eigenvalue weighted by atomic mass is 35.5. The van der Waals surface area contributed by atoms with Gasteiger partial charge in [-0.15, -0.1) is 0 Å². The molecule has 0 aliphatic rings. The molecule has 0 spiro atoms. The zero-order valence-electron chi connectivity index (χ0n) is 14.7. The van der Waals surface area contributed by atoms with Crippen molar-refractivity contribution in [1.29, 1.82) is 0 Å². The summed E-state index contributed by atoms with van der Waals surface area (Å²) in [6, 6.07) is 18.3. The molecule has 27 heavy (non-hydrogen) atoms. The minimum absolute atomic E-state index is 0.341. The van der Waals surface area contributed by atoms with Crippen molar-refractivity contribution in [3.8, 4) is 11.3 Å². The van der Waals surface area contributed by atoms with Gasteiger partial charge in [-0.05, 0) is 48.9 Å². The average Bonchev–Trinajstić information content (AvgIpc) is 2.68. The van der Waals surface area contributed by atoms with E-state index < -0.39 is 0 Å². The van der Waals surface area contributed by atoms with Crippen molar-refractivity contribution in [2.24, 2.45) is 0 Å². The molecule has 1 heterocycles. The monoisotopic (exact) mass is 400 g/mol. The molecule has 0 bridgehead atoms. The number of anilines is 1. The van der Waals surface area contributed by atoms with Crippen LogP contribution in [0.3, 0.4) is 0 Å². The van der Waals surface area contributed by atoms with Crippen LogP contribution in [0.5, 0.6) is 0 Å². The molecule has 6 heteroatoms. The zero-order chi connectivity index (χ0) is 19.2. The van der Waals surface area contributed by atoms with Gasteiger partial charge in [0.2, 0.25) is 0 Å². The normalized spacial score (nSPS) is 10.5. The number of nitrogens with zero attached hydrogens (tertiary/aromatic N) is 1. The summed E-state index contributed by atoms with van der Waals surface area (Å²) in [7, 11) is 0. The molecule has 1 N–H and O–H groups in total. The first-order chi connectivity index (χ1) is 13.1. The molecule has 0 fully saturated rings. The van der Waals surface area contributed by atoms with Crippen LogP contribution in [0.4, 0.5) is 5.82 Å². The van der Waals surface area contributed by atoms with Crippen LogP contribution in [0.1, 0.15) is 22.8 Å². The molecule has 0 amide bonds. The Morgan fingerprint density at radius 2 is 1.89 bits per heavy atom. The van der Waals surface area contributed by atoms with Gasteiger partial charge >= 0.3 is 5.97 Å². The molecule has 0 atom stereocenters. The lowest BCUT2D eigenvalue weighted by Gasteiger charge is -2.10. The van der Waals surface area contributed by atoms with Crippen LogP contribution in [0.15, 0.2) is 60.7 Å². The number of carbonyl (C=O) groups is 1. The van der Waals surface area contributed by atoms with Crippen molar-refractivity contribution in [3.05, 3.63) is 81.8 Å². The lowest BCUT2D eigenvalue weighted by molar-refractivity contribution is 0.0526. The summed E-state index contributed by atoms with van der Waals surface area (Å²) in [4.78, 5) is 16.6. The van der Waals surface area contributed by atoms with Crippen LogP contribution >= 0.6 is 23.2 Å². The predicted octanol–water partition coefficient (Wildman–Crippen LogP) is 5.84. The van der Waals surface area contributed by atoms with Gasteiger partial charge in [0.15, 0.2) is 0 Å². The van der Waals surface area contributed by atoms with Gasteiger partial charge in [-0.2, -0.15) is 0 Å². The van der Waals surface area contributed by atoms with Crippen LogP contribution in [0.2, 0.25) is 10.0 Å². The average molecular weight is 401 g/mol. The first-order valence-electron chi connectivity index (χ1n) is 8.49. The maximum atomic E-state index is 11.9. The lowest BCUT2D eigenvalue weighted by Crippen LogP contribution is -2.05. The Kier molecular flexibility index (Phi) is 6.32. The fourth-order valence-corrected chi connectivity index (χ4v) is 3.04. The van der Waals surface area contributed by atoms with Crippen molar-refractivity contribution in [3.63, 3.8) is 0 Å². The van der Waals surface area contributed by atoms with E-state index in [2.05, 4.69) is 10.3 Å². The van der Waals surface area contributed by atoms with E-state index in [1.54, 1.807) is 31.2 Å². The SMILES string of the molecule is CCOC(=O)c1cccc(-c2cccc(NCc3ccc(Cl)cc3Cl)n2)c1. The number of rotatable bonds is 6. The fourth-order valence-electron chi connectivity index (χ4n) is 2.56. The topological polar surface area (TPSA) is 51.2 Å². The molecule has 0 aliphatic heterocycles. The molecular formula is C21H18Cl2N2O2. The maximum Gasteiger partial charge on any atom is 0.338 e. The Morgan fingerprint density at radius 1 is 1.07 bits per heavy atom. The highest BCUT2D eigenvalue weighted by molar-refractivity contribution is 6.35. The Morgan fingerprint density at radius 3 is 2.67 bits per heavy atom. The molecule has 138 valence electrons. The number of aromatic nitrogens is 1. The van der Waals surface area contributed by atoms with Crippen molar-refractivity contribution in [1.82, 2.24) is 4.98 Å². The molecule has 1 aromatic heterocycles. The van der Waals surface area contributed by atoms with E-state index in [9.17, 15) is 4.79 Å². The van der Waals surface area contributed by atoms with E-state index in [1.807, 2.05) is 36.4 Å². The maximum absolute atomic E-state index is 11.9. The van der Waals surface area contributed by atoms with Crippen LogP contribution in [-0.4, -0.2) is 17.6 Å². The molecule has 0 saturated heterocycles. The number of hydrogen-bond donors (Lipinski definition) is 1. The number of ether oxygens (including phenoxy) is 1. The third kappa shape index (κ3) is 5.00. The van der Waals surface area contributed by atoms with E-state index in [1.165, 1.54) is 0 Å². The van der Waals surface area contributed by atoms with Crippen molar-refractivity contribution >= 4 is 35.0 Å². The second-order valence-electron chi connectivity index (χ2n) is 5.80. The number of esters is 1. The quantitative estimate of drug-likeness (QED) is 0.527. The molecule has 0 aliphatic carbocycles. The Balaban J connectivity index is 1.77. The highest BCUT2D eigenvalue weighted by Crippen LogP contribution is 2.23.